The zero-order chi connectivity index (χ0) is 13.4. The van der Waals surface area contributed by atoms with Crippen molar-refractivity contribution in [3.8, 4) is 0 Å². The van der Waals surface area contributed by atoms with Crippen LogP contribution >= 0.6 is 11.3 Å². The molecule has 0 aromatic carbocycles. The summed E-state index contributed by atoms with van der Waals surface area (Å²) in [6.45, 7) is 5.74. The van der Waals surface area contributed by atoms with Gasteiger partial charge in [-0.05, 0) is 18.8 Å². The second-order valence-corrected chi connectivity index (χ2v) is 6.27. The van der Waals surface area contributed by atoms with Crippen LogP contribution in [0.5, 0.6) is 0 Å². The maximum absolute atomic E-state index is 5.85. The molecule has 1 saturated heterocycles. The fraction of sp³-hybridized carbons (Fsp3) is 0.750. The molecular formula is C12H19N5OS. The van der Waals surface area contributed by atoms with Gasteiger partial charge in [-0.25, -0.2) is 0 Å². The summed E-state index contributed by atoms with van der Waals surface area (Å²) in [5, 5.41) is 14.1. The molecule has 1 aliphatic rings. The van der Waals surface area contributed by atoms with E-state index in [-0.39, 0.29) is 12.0 Å². The van der Waals surface area contributed by atoms with Crippen molar-refractivity contribution in [2.45, 2.75) is 38.7 Å². The Morgan fingerprint density at radius 2 is 2.32 bits per heavy atom. The Labute approximate surface area is 116 Å². The topological polar surface area (TPSA) is 78.3 Å². The van der Waals surface area contributed by atoms with E-state index in [9.17, 15) is 0 Å². The predicted octanol–water partition coefficient (Wildman–Crippen LogP) is 1.74. The molecule has 3 rings (SSSR count). The molecular weight excluding hydrogens is 262 g/mol. The predicted molar refractivity (Wildman–Crippen MR) is 73.2 cm³/mol. The lowest BCUT2D eigenvalue weighted by Crippen LogP contribution is -2.18. The molecule has 0 saturated carbocycles. The number of nitrogens with two attached hydrogens (primary N) is 1. The Kier molecular flexibility index (Phi) is 3.51. The lowest BCUT2D eigenvalue weighted by Gasteiger charge is -2.14. The van der Waals surface area contributed by atoms with Gasteiger partial charge in [-0.15, -0.1) is 10.2 Å². The van der Waals surface area contributed by atoms with Crippen LogP contribution in [0.25, 0.3) is 4.96 Å². The van der Waals surface area contributed by atoms with Gasteiger partial charge in [-0.2, -0.15) is 9.61 Å². The molecule has 3 heterocycles. The first-order valence-corrected chi connectivity index (χ1v) is 7.56. The molecule has 7 heteroatoms. The first kappa shape index (κ1) is 13.0. The lowest BCUT2D eigenvalue weighted by atomic mass is 9.97. The van der Waals surface area contributed by atoms with E-state index in [1.165, 1.54) is 0 Å². The highest BCUT2D eigenvalue weighted by atomic mass is 32.1. The van der Waals surface area contributed by atoms with Crippen molar-refractivity contribution >= 4 is 16.3 Å². The van der Waals surface area contributed by atoms with Crippen LogP contribution in [0.2, 0.25) is 0 Å². The molecule has 0 bridgehead atoms. The minimum absolute atomic E-state index is 0.0420. The third-order valence-corrected chi connectivity index (χ3v) is 4.65. The average Bonchev–Trinajstić information content (AvgIpc) is 3.02. The minimum Gasteiger partial charge on any atom is -0.370 e. The molecule has 104 valence electrons. The molecule has 6 nitrogen and oxygen atoms in total. The van der Waals surface area contributed by atoms with E-state index >= 15 is 0 Å². The molecule has 0 spiro atoms. The number of hydrogen-bond acceptors (Lipinski definition) is 6. The van der Waals surface area contributed by atoms with Crippen LogP contribution in [0, 0.1) is 5.92 Å². The van der Waals surface area contributed by atoms with Crippen LogP contribution in [0.15, 0.2) is 0 Å². The second kappa shape index (κ2) is 5.15. The third-order valence-electron chi connectivity index (χ3n) is 3.62. The van der Waals surface area contributed by atoms with E-state index in [0.717, 1.165) is 35.2 Å². The minimum atomic E-state index is 0.0420. The second-order valence-electron chi connectivity index (χ2n) is 5.28. The summed E-state index contributed by atoms with van der Waals surface area (Å²) in [6, 6.07) is 0. The van der Waals surface area contributed by atoms with Crippen molar-refractivity contribution in [2.75, 3.05) is 13.2 Å². The van der Waals surface area contributed by atoms with Gasteiger partial charge in [0.25, 0.3) is 0 Å². The van der Waals surface area contributed by atoms with Crippen LogP contribution in [0.3, 0.4) is 0 Å². The molecule has 1 fully saturated rings. The van der Waals surface area contributed by atoms with E-state index in [4.69, 9.17) is 10.5 Å². The number of ether oxygens (including phenoxy) is 1. The Balaban J connectivity index is 1.97. The fourth-order valence-electron chi connectivity index (χ4n) is 2.44. The summed E-state index contributed by atoms with van der Waals surface area (Å²) >= 11 is 1.58. The quantitative estimate of drug-likeness (QED) is 0.923. The normalized spacial score (nSPS) is 21.6. The molecule has 1 aliphatic heterocycles. The van der Waals surface area contributed by atoms with Crippen LogP contribution in [-0.2, 0) is 4.74 Å². The molecule has 2 N–H and O–H groups in total. The summed E-state index contributed by atoms with van der Waals surface area (Å²) < 4.78 is 7.50. The van der Waals surface area contributed by atoms with Gasteiger partial charge < -0.3 is 10.5 Å². The van der Waals surface area contributed by atoms with Crippen LogP contribution in [0.4, 0.5) is 0 Å². The molecule has 0 amide bonds. The van der Waals surface area contributed by atoms with Gasteiger partial charge in [0.15, 0.2) is 5.82 Å². The largest absolute Gasteiger partial charge is 0.370 e. The average molecular weight is 281 g/mol. The van der Waals surface area contributed by atoms with Gasteiger partial charge in [0, 0.05) is 19.1 Å². The third kappa shape index (κ3) is 2.26. The first-order valence-electron chi connectivity index (χ1n) is 6.74. The first-order chi connectivity index (χ1) is 9.20. The fourth-order valence-corrected chi connectivity index (χ4v) is 3.57. The Bertz CT molecular complexity index is 557. The Morgan fingerprint density at radius 3 is 2.95 bits per heavy atom. The summed E-state index contributed by atoms with van der Waals surface area (Å²) in [5.41, 5.74) is 5.85. The number of rotatable bonds is 4. The summed E-state index contributed by atoms with van der Waals surface area (Å²) in [6.07, 6.45) is 2.12. The van der Waals surface area contributed by atoms with Gasteiger partial charge >= 0.3 is 0 Å². The van der Waals surface area contributed by atoms with Crippen molar-refractivity contribution in [2.24, 2.45) is 11.7 Å². The molecule has 0 aliphatic carbocycles. The number of hydrogen-bond donors (Lipinski definition) is 1. The highest BCUT2D eigenvalue weighted by Crippen LogP contribution is 2.31. The van der Waals surface area contributed by atoms with Gasteiger partial charge in [0.2, 0.25) is 4.96 Å². The van der Waals surface area contributed by atoms with Gasteiger partial charge in [-0.1, -0.05) is 25.2 Å². The zero-order valence-corrected chi connectivity index (χ0v) is 12.1. The highest BCUT2D eigenvalue weighted by molar-refractivity contribution is 7.16. The van der Waals surface area contributed by atoms with Crippen molar-refractivity contribution < 1.29 is 4.74 Å². The van der Waals surface area contributed by atoms with Crippen molar-refractivity contribution in [1.29, 1.82) is 0 Å². The van der Waals surface area contributed by atoms with Crippen molar-refractivity contribution in [3.63, 3.8) is 0 Å². The number of aromatic nitrogens is 4. The maximum Gasteiger partial charge on any atom is 0.234 e. The van der Waals surface area contributed by atoms with Crippen molar-refractivity contribution in [1.82, 2.24) is 19.8 Å². The molecule has 19 heavy (non-hydrogen) atoms. The molecule has 2 atom stereocenters. The number of nitrogens with zero attached hydrogens (tertiary/aromatic N) is 4. The number of fused-ring (bicyclic) bond motifs is 1. The van der Waals surface area contributed by atoms with Crippen LogP contribution in [0.1, 0.15) is 49.5 Å². The smallest absolute Gasteiger partial charge is 0.234 e. The maximum atomic E-state index is 5.85. The van der Waals surface area contributed by atoms with E-state index in [0.29, 0.717) is 12.5 Å². The SMILES string of the molecule is CC(C)C(CN)c1nn2c(C3CCCO3)nnc2s1. The Hall–Kier alpha value is -1.05. The van der Waals surface area contributed by atoms with E-state index in [1.807, 2.05) is 4.52 Å². The zero-order valence-electron chi connectivity index (χ0n) is 11.2. The van der Waals surface area contributed by atoms with E-state index in [2.05, 4.69) is 29.1 Å². The van der Waals surface area contributed by atoms with Crippen molar-refractivity contribution in [3.05, 3.63) is 10.8 Å². The molecule has 0 radical (unpaired) electrons. The van der Waals surface area contributed by atoms with Gasteiger partial charge in [-0.3, -0.25) is 0 Å². The molecule has 2 unspecified atom stereocenters. The highest BCUT2D eigenvalue weighted by Gasteiger charge is 2.26. The van der Waals surface area contributed by atoms with Gasteiger partial charge in [0.05, 0.1) is 0 Å². The summed E-state index contributed by atoms with van der Waals surface area (Å²) in [5.74, 6) is 1.58. The van der Waals surface area contributed by atoms with E-state index in [1.54, 1.807) is 11.3 Å². The van der Waals surface area contributed by atoms with Gasteiger partial charge in [0.1, 0.15) is 11.1 Å². The van der Waals surface area contributed by atoms with Crippen LogP contribution in [-0.4, -0.2) is 33.0 Å². The van der Waals surface area contributed by atoms with E-state index < -0.39 is 0 Å². The molecule has 2 aromatic heterocycles. The molecule has 2 aromatic rings. The monoisotopic (exact) mass is 281 g/mol. The summed E-state index contributed by atoms with van der Waals surface area (Å²) in [4.78, 5) is 0.833. The summed E-state index contributed by atoms with van der Waals surface area (Å²) in [7, 11) is 0. The van der Waals surface area contributed by atoms with Crippen LogP contribution < -0.4 is 5.73 Å². The standard InChI is InChI=1S/C12H19N5OS/c1-7(2)8(6-13)11-16-17-10(9-4-3-5-18-9)14-15-12(17)19-11/h7-9H,3-6,13H2,1-2H3. The lowest BCUT2D eigenvalue weighted by molar-refractivity contribution is 0.103. The Morgan fingerprint density at radius 1 is 1.47 bits per heavy atom.